The van der Waals surface area contributed by atoms with Crippen LogP contribution in [0.5, 0.6) is 0 Å². The van der Waals surface area contributed by atoms with Crippen molar-refractivity contribution in [3.05, 3.63) is 199 Å². The monoisotopic (exact) mass is 641 g/mol. The minimum atomic E-state index is -0.348. The Morgan fingerprint density at radius 1 is 0.600 bits per heavy atom. The maximum absolute atomic E-state index is 5.55. The second kappa shape index (κ2) is 12.9. The van der Waals surface area contributed by atoms with E-state index in [2.05, 4.69) is 187 Å². The van der Waals surface area contributed by atoms with Crippen LogP contribution in [0, 0.1) is 5.92 Å². The predicted molar refractivity (Wildman–Crippen MR) is 210 cm³/mol. The number of pyridine rings is 1. The van der Waals surface area contributed by atoms with Crippen molar-refractivity contribution in [3.8, 4) is 22.4 Å². The van der Waals surface area contributed by atoms with Gasteiger partial charge in [-0.3, -0.25) is 4.99 Å². The van der Waals surface area contributed by atoms with Crippen molar-refractivity contribution < 1.29 is 0 Å². The van der Waals surface area contributed by atoms with Gasteiger partial charge in [-0.05, 0) is 63.2 Å². The second-order valence-corrected chi connectivity index (χ2v) is 13.0. The lowest BCUT2D eigenvalue weighted by atomic mass is 9.85. The number of fused-ring (bicyclic) bond motifs is 3. The van der Waals surface area contributed by atoms with Gasteiger partial charge in [-0.25, -0.2) is 4.98 Å². The van der Waals surface area contributed by atoms with Gasteiger partial charge in [-0.2, -0.15) is 0 Å². The van der Waals surface area contributed by atoms with Crippen molar-refractivity contribution in [1.29, 1.82) is 0 Å². The molecule has 3 nitrogen and oxygen atoms in total. The summed E-state index contributed by atoms with van der Waals surface area (Å²) in [5.74, 6) is 0.137. The number of benzene rings is 6. The van der Waals surface area contributed by atoms with Gasteiger partial charge in [0.1, 0.15) is 6.17 Å². The molecule has 0 amide bonds. The van der Waals surface area contributed by atoms with Gasteiger partial charge in [0.2, 0.25) is 0 Å². The number of nitrogens with zero attached hydrogens (tertiary/aromatic N) is 2. The van der Waals surface area contributed by atoms with Crippen LogP contribution < -0.4 is 5.32 Å². The Morgan fingerprint density at radius 2 is 1.22 bits per heavy atom. The van der Waals surface area contributed by atoms with Crippen LogP contribution in [0.2, 0.25) is 0 Å². The van der Waals surface area contributed by atoms with Crippen LogP contribution in [-0.2, 0) is 0 Å². The predicted octanol–water partition coefficient (Wildman–Crippen LogP) is 11.5. The summed E-state index contributed by atoms with van der Waals surface area (Å²) < 4.78 is 0. The zero-order valence-electron chi connectivity index (χ0n) is 27.6. The van der Waals surface area contributed by atoms with Gasteiger partial charge in [0.05, 0.1) is 11.2 Å². The number of hydrogen-bond acceptors (Lipinski definition) is 3. The van der Waals surface area contributed by atoms with E-state index in [4.69, 9.17) is 9.98 Å². The Bertz CT molecular complexity index is 2460. The summed E-state index contributed by atoms with van der Waals surface area (Å²) in [4.78, 5) is 11.0. The molecule has 0 bridgehead atoms. The topological polar surface area (TPSA) is 37.3 Å². The van der Waals surface area contributed by atoms with Gasteiger partial charge in [0.25, 0.3) is 0 Å². The molecule has 0 spiro atoms. The molecule has 0 saturated carbocycles. The number of rotatable bonds is 6. The van der Waals surface area contributed by atoms with E-state index in [1.165, 1.54) is 27.5 Å². The number of aliphatic imine (C=N–C) groups is 1. The first-order valence-corrected chi connectivity index (χ1v) is 17.3. The third-order valence-corrected chi connectivity index (χ3v) is 9.84. The molecule has 6 aromatic carbocycles. The molecule has 1 aromatic heterocycles. The van der Waals surface area contributed by atoms with E-state index < -0.39 is 0 Å². The summed E-state index contributed by atoms with van der Waals surface area (Å²) in [7, 11) is 0. The highest BCUT2D eigenvalue weighted by Crippen LogP contribution is 2.41. The van der Waals surface area contributed by atoms with Gasteiger partial charge in [-0.15, -0.1) is 0 Å². The zero-order valence-corrected chi connectivity index (χ0v) is 27.6. The highest BCUT2D eigenvalue weighted by Gasteiger charge is 2.27. The van der Waals surface area contributed by atoms with Crippen molar-refractivity contribution >= 4 is 38.7 Å². The number of hydrogen-bond donors (Lipinski definition) is 1. The van der Waals surface area contributed by atoms with Gasteiger partial charge in [0, 0.05) is 33.8 Å². The molecule has 2 atom stereocenters. The lowest BCUT2D eigenvalue weighted by molar-refractivity contribution is 0.658. The summed E-state index contributed by atoms with van der Waals surface area (Å²) in [6.07, 6.45) is 9.51. The van der Waals surface area contributed by atoms with E-state index in [0.717, 1.165) is 56.7 Å². The quantitative estimate of drug-likeness (QED) is 0.184. The zero-order chi connectivity index (χ0) is 33.3. The molecule has 2 aliphatic rings. The van der Waals surface area contributed by atoms with Crippen LogP contribution in [0.1, 0.15) is 29.3 Å². The van der Waals surface area contributed by atoms with Crippen LogP contribution >= 0.6 is 0 Å². The average Bonchev–Trinajstić information content (AvgIpc) is 3.21. The average molecular weight is 642 g/mol. The molecule has 7 aromatic rings. The maximum atomic E-state index is 5.55. The Hall–Kier alpha value is -6.32. The standard InChI is InChI=1S/C47H35N3/c1-5-16-32(17-6-1)36-25-15-26-38(28-36)44-31-43(35-22-11-4-12-23-35)49-47(50-44)41-29-37-24-13-14-27-39(37)45-40(33-18-7-2-8-19-33)30-42(48-46(41)45)34-20-9-3-10-21-34/h1-27,29-31,38,47,49H,28H2. The highest BCUT2D eigenvalue weighted by atomic mass is 15.1. The maximum Gasteiger partial charge on any atom is 0.147 e. The summed E-state index contributed by atoms with van der Waals surface area (Å²) in [6.45, 7) is 0. The summed E-state index contributed by atoms with van der Waals surface area (Å²) in [5, 5.41) is 7.37. The lowest BCUT2D eigenvalue weighted by Gasteiger charge is -2.29. The van der Waals surface area contributed by atoms with Crippen LogP contribution in [-0.4, -0.2) is 10.7 Å². The van der Waals surface area contributed by atoms with Crippen molar-refractivity contribution in [2.75, 3.05) is 0 Å². The van der Waals surface area contributed by atoms with Gasteiger partial charge in [-0.1, -0.05) is 164 Å². The van der Waals surface area contributed by atoms with Crippen molar-refractivity contribution in [3.63, 3.8) is 0 Å². The van der Waals surface area contributed by atoms with Crippen LogP contribution in [0.15, 0.2) is 187 Å². The molecule has 0 saturated heterocycles. The van der Waals surface area contributed by atoms with Gasteiger partial charge < -0.3 is 5.32 Å². The SMILES string of the molecule is C1=CC(C2=NC(c3cc4ccccc4c4c(-c5ccccc5)cc(-c5ccccc5)nc34)NC(c3ccccc3)=C2)CC(c2ccccc2)=C1. The molecule has 50 heavy (non-hydrogen) atoms. The number of nitrogens with one attached hydrogen (secondary N) is 1. The Kier molecular flexibility index (Phi) is 7.71. The fourth-order valence-corrected chi connectivity index (χ4v) is 7.36. The Labute approximate surface area is 292 Å². The Balaban J connectivity index is 1.27. The normalized spacial score (nSPS) is 17.2. The third-order valence-electron chi connectivity index (χ3n) is 9.84. The third kappa shape index (κ3) is 5.63. The fraction of sp³-hybridized carbons (Fsp3) is 0.0638. The molecule has 2 heterocycles. The van der Waals surface area contributed by atoms with E-state index in [1.54, 1.807) is 0 Å². The van der Waals surface area contributed by atoms with Crippen molar-refractivity contribution in [2.24, 2.45) is 10.9 Å². The first-order valence-electron chi connectivity index (χ1n) is 17.3. The summed E-state index contributed by atoms with van der Waals surface area (Å²) in [5.41, 5.74) is 12.2. The molecule has 238 valence electrons. The molecule has 1 aliphatic carbocycles. The van der Waals surface area contributed by atoms with E-state index >= 15 is 0 Å². The number of aromatic nitrogens is 1. The minimum Gasteiger partial charge on any atom is -0.359 e. The second-order valence-electron chi connectivity index (χ2n) is 13.0. The molecule has 9 rings (SSSR count). The van der Waals surface area contributed by atoms with E-state index in [0.29, 0.717) is 0 Å². The summed E-state index contributed by atoms with van der Waals surface area (Å²) in [6, 6.07) is 55.7. The highest BCUT2D eigenvalue weighted by molar-refractivity contribution is 6.15. The van der Waals surface area contributed by atoms with Crippen LogP contribution in [0.25, 0.3) is 55.3 Å². The smallest absolute Gasteiger partial charge is 0.147 e. The minimum absolute atomic E-state index is 0.137. The lowest BCUT2D eigenvalue weighted by Crippen LogP contribution is -2.28. The Morgan fingerprint density at radius 3 is 1.94 bits per heavy atom. The largest absolute Gasteiger partial charge is 0.359 e. The van der Waals surface area contributed by atoms with E-state index in [1.807, 2.05) is 0 Å². The van der Waals surface area contributed by atoms with Crippen LogP contribution in [0.3, 0.4) is 0 Å². The van der Waals surface area contributed by atoms with E-state index in [9.17, 15) is 0 Å². The molecular weight excluding hydrogens is 607 g/mol. The fourth-order valence-electron chi connectivity index (χ4n) is 7.36. The molecular formula is C47H35N3. The van der Waals surface area contributed by atoms with E-state index in [-0.39, 0.29) is 12.1 Å². The number of allylic oxidation sites excluding steroid dienone is 5. The first kappa shape index (κ1) is 29.8. The first-order chi connectivity index (χ1) is 24.8. The summed E-state index contributed by atoms with van der Waals surface area (Å²) >= 11 is 0. The molecule has 1 N–H and O–H groups in total. The van der Waals surface area contributed by atoms with Crippen LogP contribution in [0.4, 0.5) is 0 Å². The molecule has 0 fully saturated rings. The molecule has 3 heteroatoms. The van der Waals surface area contributed by atoms with Crippen molar-refractivity contribution in [1.82, 2.24) is 10.3 Å². The molecule has 0 radical (unpaired) electrons. The van der Waals surface area contributed by atoms with Gasteiger partial charge >= 0.3 is 0 Å². The molecule has 1 aliphatic heterocycles. The molecule has 2 unspecified atom stereocenters. The van der Waals surface area contributed by atoms with Gasteiger partial charge in [0.15, 0.2) is 0 Å². The van der Waals surface area contributed by atoms with Crippen molar-refractivity contribution in [2.45, 2.75) is 12.6 Å².